The lowest BCUT2D eigenvalue weighted by Crippen LogP contribution is -2.40. The van der Waals surface area contributed by atoms with Crippen LogP contribution in [0.4, 0.5) is 4.79 Å². The van der Waals surface area contributed by atoms with Gasteiger partial charge in [-0.25, -0.2) is 4.79 Å². The number of hydrogen-bond donors (Lipinski definition) is 3. The van der Waals surface area contributed by atoms with Gasteiger partial charge < -0.3 is 20.5 Å². The molecule has 1 atom stereocenters. The zero-order valence-electron chi connectivity index (χ0n) is 18.8. The number of hydrogen-bond acceptors (Lipinski definition) is 4. The molecule has 2 aromatic rings. The van der Waals surface area contributed by atoms with Gasteiger partial charge in [0.25, 0.3) is 0 Å². The molecule has 7 nitrogen and oxygen atoms in total. The summed E-state index contributed by atoms with van der Waals surface area (Å²) in [6.07, 6.45) is 2.21. The first-order valence-corrected chi connectivity index (χ1v) is 11.5. The van der Waals surface area contributed by atoms with Crippen LogP contribution in [0.2, 0.25) is 0 Å². The van der Waals surface area contributed by atoms with Gasteiger partial charge >= 0.3 is 12.1 Å². The molecule has 4 rings (SSSR count). The average molecular weight is 451 g/mol. The number of amides is 2. The topological polar surface area (TPSA) is 105 Å². The number of carboxylic acid groups (broad SMARTS) is 1. The van der Waals surface area contributed by atoms with Gasteiger partial charge in [0.1, 0.15) is 6.61 Å². The second-order valence-electron chi connectivity index (χ2n) is 9.01. The molecule has 0 saturated heterocycles. The van der Waals surface area contributed by atoms with Gasteiger partial charge in [0.05, 0.1) is 12.0 Å². The molecule has 0 aromatic heterocycles. The summed E-state index contributed by atoms with van der Waals surface area (Å²) < 4.78 is 5.60. The molecule has 2 aliphatic rings. The van der Waals surface area contributed by atoms with E-state index in [-0.39, 0.29) is 37.3 Å². The van der Waals surface area contributed by atoms with Gasteiger partial charge in [0.15, 0.2) is 0 Å². The van der Waals surface area contributed by atoms with E-state index in [0.29, 0.717) is 25.7 Å². The number of rotatable bonds is 10. The number of aliphatic carboxylic acids is 1. The molecule has 7 heteroatoms. The maximum Gasteiger partial charge on any atom is 0.407 e. The predicted molar refractivity (Wildman–Crippen MR) is 124 cm³/mol. The summed E-state index contributed by atoms with van der Waals surface area (Å²) in [6, 6.07) is 16.2. The lowest BCUT2D eigenvalue weighted by Gasteiger charge is -2.20. The molecular formula is C26H30N2O5. The van der Waals surface area contributed by atoms with Gasteiger partial charge in [-0.2, -0.15) is 0 Å². The largest absolute Gasteiger partial charge is 0.481 e. The Bertz CT molecular complexity index is 1000. The highest BCUT2D eigenvalue weighted by atomic mass is 16.5. The third-order valence-corrected chi connectivity index (χ3v) is 6.63. The van der Waals surface area contributed by atoms with E-state index in [1.807, 2.05) is 31.2 Å². The molecule has 2 aromatic carbocycles. The third-order valence-electron chi connectivity index (χ3n) is 6.63. The SMILES string of the molecule is CCC(CCC(=O)NC1(CC(=O)O)CC1)NC(=O)OCC1c2ccccc2-c2ccccc21. The van der Waals surface area contributed by atoms with Crippen molar-refractivity contribution in [3.8, 4) is 11.1 Å². The zero-order valence-corrected chi connectivity index (χ0v) is 18.8. The number of fused-ring (bicyclic) bond motifs is 3. The van der Waals surface area contributed by atoms with E-state index in [0.717, 1.165) is 11.1 Å². The molecular weight excluding hydrogens is 420 g/mol. The Labute approximate surface area is 193 Å². The molecule has 1 fully saturated rings. The van der Waals surface area contributed by atoms with Gasteiger partial charge in [0.2, 0.25) is 5.91 Å². The maximum absolute atomic E-state index is 12.5. The first-order chi connectivity index (χ1) is 15.9. The van der Waals surface area contributed by atoms with Crippen molar-refractivity contribution in [3.63, 3.8) is 0 Å². The van der Waals surface area contributed by atoms with Crippen molar-refractivity contribution in [2.45, 2.75) is 62.9 Å². The van der Waals surface area contributed by atoms with Crippen molar-refractivity contribution in [3.05, 3.63) is 59.7 Å². The highest BCUT2D eigenvalue weighted by Gasteiger charge is 2.45. The Hall–Kier alpha value is -3.35. The Morgan fingerprint density at radius 1 is 1.06 bits per heavy atom. The van der Waals surface area contributed by atoms with E-state index < -0.39 is 17.6 Å². The minimum atomic E-state index is -0.906. The van der Waals surface area contributed by atoms with Crippen molar-refractivity contribution in [1.82, 2.24) is 10.6 Å². The summed E-state index contributed by atoms with van der Waals surface area (Å²) >= 11 is 0. The number of carbonyl (C=O) groups is 3. The van der Waals surface area contributed by atoms with Gasteiger partial charge in [-0.05, 0) is 47.9 Å². The molecule has 3 N–H and O–H groups in total. The van der Waals surface area contributed by atoms with E-state index >= 15 is 0 Å². The number of ether oxygens (including phenoxy) is 1. The Morgan fingerprint density at radius 3 is 2.21 bits per heavy atom. The highest BCUT2D eigenvalue weighted by Crippen LogP contribution is 2.44. The molecule has 1 saturated carbocycles. The summed E-state index contributed by atoms with van der Waals surface area (Å²) in [5.41, 5.74) is 4.09. The van der Waals surface area contributed by atoms with Crippen LogP contribution in [0.15, 0.2) is 48.5 Å². The summed E-state index contributed by atoms with van der Waals surface area (Å²) in [6.45, 7) is 2.19. The van der Waals surface area contributed by atoms with Crippen molar-refractivity contribution in [2.24, 2.45) is 0 Å². The Balaban J connectivity index is 1.27. The molecule has 174 valence electrons. The molecule has 2 amide bonds. The predicted octanol–water partition coefficient (Wildman–Crippen LogP) is 4.21. The Kier molecular flexibility index (Phi) is 6.67. The molecule has 0 spiro atoms. The van der Waals surface area contributed by atoms with Crippen LogP contribution in [0.3, 0.4) is 0 Å². The fourth-order valence-corrected chi connectivity index (χ4v) is 4.64. The zero-order chi connectivity index (χ0) is 23.4. The van der Waals surface area contributed by atoms with Crippen LogP contribution in [0.5, 0.6) is 0 Å². The first kappa shape index (κ1) is 22.8. The van der Waals surface area contributed by atoms with Crippen LogP contribution in [-0.4, -0.2) is 41.3 Å². The van der Waals surface area contributed by atoms with Gasteiger partial charge in [-0.3, -0.25) is 9.59 Å². The summed E-state index contributed by atoms with van der Waals surface area (Å²) in [4.78, 5) is 35.7. The fraction of sp³-hybridized carbons (Fsp3) is 0.423. The Morgan fingerprint density at radius 2 is 1.67 bits per heavy atom. The summed E-state index contributed by atoms with van der Waals surface area (Å²) in [7, 11) is 0. The maximum atomic E-state index is 12.5. The van der Waals surface area contributed by atoms with Crippen molar-refractivity contribution >= 4 is 18.0 Å². The molecule has 2 aliphatic carbocycles. The van der Waals surface area contributed by atoms with Crippen LogP contribution in [-0.2, 0) is 14.3 Å². The number of carbonyl (C=O) groups excluding carboxylic acids is 2. The van der Waals surface area contributed by atoms with Gasteiger partial charge in [0, 0.05) is 18.4 Å². The molecule has 0 heterocycles. The standard InChI is InChI=1S/C26H30N2O5/c1-2-17(11-12-23(29)28-26(13-14-26)15-24(30)31)27-25(32)33-16-22-20-9-5-3-7-18(20)19-8-4-6-10-21(19)22/h3-10,17,22H,2,11-16H2,1H3,(H,27,32)(H,28,29)(H,30,31). The quantitative estimate of drug-likeness (QED) is 0.503. The van der Waals surface area contributed by atoms with Crippen LogP contribution < -0.4 is 10.6 Å². The van der Waals surface area contributed by atoms with Crippen LogP contribution in [0.1, 0.15) is 62.5 Å². The molecule has 1 unspecified atom stereocenters. The van der Waals surface area contributed by atoms with Crippen molar-refractivity contribution < 1.29 is 24.2 Å². The smallest absolute Gasteiger partial charge is 0.407 e. The molecule has 0 aliphatic heterocycles. The molecule has 0 bridgehead atoms. The summed E-state index contributed by atoms with van der Waals surface area (Å²) in [5, 5.41) is 14.7. The van der Waals surface area contributed by atoms with Crippen molar-refractivity contribution in [1.29, 1.82) is 0 Å². The van der Waals surface area contributed by atoms with Crippen molar-refractivity contribution in [2.75, 3.05) is 6.61 Å². The van der Waals surface area contributed by atoms with Gasteiger partial charge in [-0.1, -0.05) is 55.5 Å². The molecule has 0 radical (unpaired) electrons. The first-order valence-electron chi connectivity index (χ1n) is 11.5. The summed E-state index contributed by atoms with van der Waals surface area (Å²) in [5.74, 6) is -1.09. The van der Waals surface area contributed by atoms with Crippen LogP contribution >= 0.6 is 0 Å². The average Bonchev–Trinajstić information content (AvgIpc) is 3.46. The minimum Gasteiger partial charge on any atom is -0.481 e. The second-order valence-corrected chi connectivity index (χ2v) is 9.01. The number of benzene rings is 2. The second kappa shape index (κ2) is 9.65. The number of nitrogens with one attached hydrogen (secondary N) is 2. The van der Waals surface area contributed by atoms with Gasteiger partial charge in [-0.15, -0.1) is 0 Å². The van der Waals surface area contributed by atoms with Crippen LogP contribution in [0, 0.1) is 0 Å². The lowest BCUT2D eigenvalue weighted by molar-refractivity contribution is -0.138. The fourth-order valence-electron chi connectivity index (χ4n) is 4.64. The molecule has 33 heavy (non-hydrogen) atoms. The number of carboxylic acids is 1. The van der Waals surface area contributed by atoms with E-state index in [2.05, 4.69) is 34.9 Å². The van der Waals surface area contributed by atoms with E-state index in [1.165, 1.54) is 11.1 Å². The van der Waals surface area contributed by atoms with E-state index in [4.69, 9.17) is 9.84 Å². The third kappa shape index (κ3) is 5.35. The highest BCUT2D eigenvalue weighted by molar-refractivity contribution is 5.80. The van der Waals surface area contributed by atoms with E-state index in [9.17, 15) is 14.4 Å². The van der Waals surface area contributed by atoms with Crippen LogP contribution in [0.25, 0.3) is 11.1 Å². The normalized spacial score (nSPS) is 16.3. The number of alkyl carbamates (subject to hydrolysis) is 1. The lowest BCUT2D eigenvalue weighted by atomic mass is 9.98. The minimum absolute atomic E-state index is 0.00188. The monoisotopic (exact) mass is 450 g/mol. The van der Waals surface area contributed by atoms with E-state index in [1.54, 1.807) is 0 Å².